The maximum atomic E-state index is 11.6. The smallest absolute Gasteiger partial charge is 0.251 e. The lowest BCUT2D eigenvalue weighted by atomic mass is 10.1. The number of halogens is 1. The Morgan fingerprint density at radius 3 is 2.71 bits per heavy atom. The molecule has 0 heterocycles. The van der Waals surface area contributed by atoms with E-state index in [2.05, 4.69) is 27.8 Å². The zero-order valence-corrected chi connectivity index (χ0v) is 9.60. The van der Waals surface area contributed by atoms with Crippen LogP contribution in [-0.4, -0.2) is 12.5 Å². The van der Waals surface area contributed by atoms with Crippen LogP contribution in [0.2, 0.25) is 0 Å². The van der Waals surface area contributed by atoms with Crippen molar-refractivity contribution in [3.63, 3.8) is 0 Å². The minimum atomic E-state index is -0.0660. The van der Waals surface area contributed by atoms with Gasteiger partial charge < -0.3 is 5.32 Å². The lowest BCUT2D eigenvalue weighted by molar-refractivity contribution is 0.0957. The monoisotopic (exact) mass is 253 g/mol. The number of hydrogen-bond donors (Lipinski definition) is 1. The standard InChI is InChI=1S/C11H12BrNO/c1-8-5-3-4-6-10(8)11(14)13-7-9(2)12/h3-6H,2,7H2,1H3,(H,13,14). The van der Waals surface area contributed by atoms with Crippen molar-refractivity contribution in [1.82, 2.24) is 5.32 Å². The first kappa shape index (κ1) is 11.0. The summed E-state index contributed by atoms with van der Waals surface area (Å²) in [6.45, 7) is 6.01. The quantitative estimate of drug-likeness (QED) is 0.882. The third-order valence-electron chi connectivity index (χ3n) is 1.83. The number of benzene rings is 1. The molecule has 0 spiro atoms. The van der Waals surface area contributed by atoms with Crippen molar-refractivity contribution in [2.75, 3.05) is 6.54 Å². The van der Waals surface area contributed by atoms with Gasteiger partial charge in [0.05, 0.1) is 0 Å². The van der Waals surface area contributed by atoms with Crippen molar-refractivity contribution in [2.45, 2.75) is 6.92 Å². The summed E-state index contributed by atoms with van der Waals surface area (Å²) in [6, 6.07) is 7.49. The highest BCUT2D eigenvalue weighted by molar-refractivity contribution is 9.11. The molecule has 0 aliphatic heterocycles. The molecule has 1 rings (SSSR count). The van der Waals surface area contributed by atoms with Gasteiger partial charge in [-0.25, -0.2) is 0 Å². The summed E-state index contributed by atoms with van der Waals surface area (Å²) in [6.07, 6.45) is 0. The van der Waals surface area contributed by atoms with E-state index >= 15 is 0 Å². The fourth-order valence-electron chi connectivity index (χ4n) is 1.10. The Morgan fingerprint density at radius 2 is 2.14 bits per heavy atom. The van der Waals surface area contributed by atoms with E-state index in [4.69, 9.17) is 0 Å². The van der Waals surface area contributed by atoms with Crippen molar-refractivity contribution in [3.8, 4) is 0 Å². The van der Waals surface area contributed by atoms with Crippen LogP contribution in [0.3, 0.4) is 0 Å². The number of aryl methyl sites for hydroxylation is 1. The lowest BCUT2D eigenvalue weighted by Gasteiger charge is -2.06. The van der Waals surface area contributed by atoms with Gasteiger partial charge in [-0.2, -0.15) is 0 Å². The zero-order valence-electron chi connectivity index (χ0n) is 8.01. The highest BCUT2D eigenvalue weighted by Gasteiger charge is 2.06. The molecule has 0 fully saturated rings. The third-order valence-corrected chi connectivity index (χ3v) is 2.11. The molecular formula is C11H12BrNO. The van der Waals surface area contributed by atoms with Gasteiger partial charge in [0.2, 0.25) is 0 Å². The normalized spacial score (nSPS) is 9.57. The number of carbonyl (C=O) groups excluding carboxylic acids is 1. The fraction of sp³-hybridized carbons (Fsp3) is 0.182. The Balaban J connectivity index is 2.70. The Kier molecular flexibility index (Phi) is 3.89. The third kappa shape index (κ3) is 3.00. The molecule has 0 aromatic heterocycles. The molecule has 0 saturated heterocycles. The second-order valence-corrected chi connectivity index (χ2v) is 4.14. The molecule has 1 aromatic rings. The molecule has 0 unspecified atom stereocenters. The van der Waals surface area contributed by atoms with E-state index in [-0.39, 0.29) is 5.91 Å². The van der Waals surface area contributed by atoms with E-state index in [0.29, 0.717) is 12.1 Å². The van der Waals surface area contributed by atoms with Gasteiger partial charge in [-0.15, -0.1) is 0 Å². The van der Waals surface area contributed by atoms with Gasteiger partial charge in [0.25, 0.3) is 5.91 Å². The van der Waals surface area contributed by atoms with Crippen LogP contribution in [0.1, 0.15) is 15.9 Å². The van der Waals surface area contributed by atoms with Gasteiger partial charge in [-0.1, -0.05) is 40.7 Å². The van der Waals surface area contributed by atoms with Crippen molar-refractivity contribution in [2.24, 2.45) is 0 Å². The van der Waals surface area contributed by atoms with Gasteiger partial charge in [0.1, 0.15) is 0 Å². The molecule has 2 nitrogen and oxygen atoms in total. The predicted molar refractivity (Wildman–Crippen MR) is 61.6 cm³/mol. The summed E-state index contributed by atoms with van der Waals surface area (Å²) in [5.41, 5.74) is 1.69. The molecule has 1 aromatic carbocycles. The molecule has 14 heavy (non-hydrogen) atoms. The summed E-state index contributed by atoms with van der Waals surface area (Å²) in [7, 11) is 0. The molecular weight excluding hydrogens is 242 g/mol. The predicted octanol–water partition coefficient (Wildman–Crippen LogP) is 2.63. The van der Waals surface area contributed by atoms with Crippen LogP contribution in [-0.2, 0) is 0 Å². The van der Waals surface area contributed by atoms with Crippen LogP contribution < -0.4 is 5.32 Å². The Morgan fingerprint density at radius 1 is 1.50 bits per heavy atom. The van der Waals surface area contributed by atoms with Crippen molar-refractivity contribution >= 4 is 21.8 Å². The Labute approximate surface area is 92.1 Å². The number of amides is 1. The summed E-state index contributed by atoms with van der Waals surface area (Å²) < 4.78 is 0.763. The first-order valence-electron chi connectivity index (χ1n) is 4.28. The Hall–Kier alpha value is -1.09. The number of carbonyl (C=O) groups is 1. The van der Waals surface area contributed by atoms with E-state index in [1.54, 1.807) is 0 Å². The molecule has 0 aliphatic carbocycles. The Bertz CT molecular complexity index is 360. The molecule has 3 heteroatoms. The van der Waals surface area contributed by atoms with Gasteiger partial charge in [-0.05, 0) is 18.6 Å². The molecule has 1 N–H and O–H groups in total. The summed E-state index contributed by atoms with van der Waals surface area (Å²) in [5, 5.41) is 2.75. The molecule has 0 aliphatic rings. The van der Waals surface area contributed by atoms with E-state index in [1.807, 2.05) is 31.2 Å². The van der Waals surface area contributed by atoms with Crippen molar-refractivity contribution < 1.29 is 4.79 Å². The molecule has 0 atom stereocenters. The second-order valence-electron chi connectivity index (χ2n) is 3.01. The highest BCUT2D eigenvalue weighted by Crippen LogP contribution is 2.07. The minimum Gasteiger partial charge on any atom is -0.347 e. The number of nitrogens with one attached hydrogen (secondary N) is 1. The summed E-state index contributed by atoms with van der Waals surface area (Å²) >= 11 is 3.18. The van der Waals surface area contributed by atoms with Crippen LogP contribution >= 0.6 is 15.9 Å². The molecule has 0 radical (unpaired) electrons. The van der Waals surface area contributed by atoms with Gasteiger partial charge >= 0.3 is 0 Å². The summed E-state index contributed by atoms with van der Waals surface area (Å²) in [4.78, 5) is 11.6. The van der Waals surface area contributed by atoms with Crippen LogP contribution in [0, 0.1) is 6.92 Å². The highest BCUT2D eigenvalue weighted by atomic mass is 79.9. The van der Waals surface area contributed by atoms with Crippen LogP contribution in [0.4, 0.5) is 0 Å². The van der Waals surface area contributed by atoms with Crippen molar-refractivity contribution in [1.29, 1.82) is 0 Å². The fourth-order valence-corrected chi connectivity index (χ4v) is 1.24. The van der Waals surface area contributed by atoms with E-state index in [9.17, 15) is 4.79 Å². The topological polar surface area (TPSA) is 29.1 Å². The maximum Gasteiger partial charge on any atom is 0.251 e. The summed E-state index contributed by atoms with van der Waals surface area (Å²) in [5.74, 6) is -0.0660. The van der Waals surface area contributed by atoms with E-state index in [0.717, 1.165) is 10.0 Å². The lowest BCUT2D eigenvalue weighted by Crippen LogP contribution is -2.25. The van der Waals surface area contributed by atoms with Gasteiger partial charge in [-0.3, -0.25) is 4.79 Å². The first-order valence-corrected chi connectivity index (χ1v) is 5.07. The number of hydrogen-bond acceptors (Lipinski definition) is 1. The molecule has 0 bridgehead atoms. The van der Waals surface area contributed by atoms with E-state index < -0.39 is 0 Å². The number of rotatable bonds is 3. The van der Waals surface area contributed by atoms with Crippen LogP contribution in [0.25, 0.3) is 0 Å². The van der Waals surface area contributed by atoms with Crippen LogP contribution in [0.15, 0.2) is 35.3 Å². The van der Waals surface area contributed by atoms with Crippen molar-refractivity contribution in [3.05, 3.63) is 46.5 Å². The first-order chi connectivity index (χ1) is 6.61. The van der Waals surface area contributed by atoms with Gasteiger partial charge in [0, 0.05) is 16.6 Å². The largest absolute Gasteiger partial charge is 0.347 e. The SMILES string of the molecule is C=C(Br)CNC(=O)c1ccccc1C. The average Bonchev–Trinajstić information content (AvgIpc) is 2.15. The van der Waals surface area contributed by atoms with Crippen LogP contribution in [0.5, 0.6) is 0 Å². The maximum absolute atomic E-state index is 11.6. The average molecular weight is 254 g/mol. The van der Waals surface area contributed by atoms with E-state index in [1.165, 1.54) is 0 Å². The minimum absolute atomic E-state index is 0.0660. The zero-order chi connectivity index (χ0) is 10.6. The van der Waals surface area contributed by atoms with Gasteiger partial charge in [0.15, 0.2) is 0 Å². The molecule has 74 valence electrons. The molecule has 0 saturated carbocycles. The second kappa shape index (κ2) is 4.96. The molecule has 1 amide bonds.